The van der Waals surface area contributed by atoms with Gasteiger partial charge >= 0.3 is 0 Å². The maximum absolute atomic E-state index is 12.9. The largest absolute Gasteiger partial charge is 0.373 e. The van der Waals surface area contributed by atoms with Crippen LogP contribution in [0.5, 0.6) is 0 Å². The molecule has 4 rings (SSSR count). The summed E-state index contributed by atoms with van der Waals surface area (Å²) >= 11 is 0. The van der Waals surface area contributed by atoms with Gasteiger partial charge in [-0.1, -0.05) is 0 Å². The molecule has 7 nitrogen and oxygen atoms in total. The number of hydrogen-bond donors (Lipinski definition) is 2. The highest BCUT2D eigenvalue weighted by molar-refractivity contribution is 5.98. The second-order valence-corrected chi connectivity index (χ2v) is 7.36. The summed E-state index contributed by atoms with van der Waals surface area (Å²) in [5.41, 5.74) is 1.71. The van der Waals surface area contributed by atoms with Crippen LogP contribution < -0.4 is 10.2 Å². The Morgan fingerprint density at radius 2 is 2.19 bits per heavy atom. The van der Waals surface area contributed by atoms with Gasteiger partial charge in [0, 0.05) is 50.1 Å². The first-order valence-corrected chi connectivity index (χ1v) is 9.91. The van der Waals surface area contributed by atoms with Gasteiger partial charge in [0.2, 0.25) is 0 Å². The van der Waals surface area contributed by atoms with Crippen LogP contribution in [-0.2, 0) is 4.74 Å². The van der Waals surface area contributed by atoms with Crippen molar-refractivity contribution in [1.29, 1.82) is 0 Å². The summed E-state index contributed by atoms with van der Waals surface area (Å²) in [6.45, 7) is 3.28. The van der Waals surface area contributed by atoms with Crippen LogP contribution in [0.3, 0.4) is 0 Å². The van der Waals surface area contributed by atoms with E-state index >= 15 is 0 Å². The first-order chi connectivity index (χ1) is 13.3. The fourth-order valence-electron chi connectivity index (χ4n) is 4.09. The normalized spacial score (nSPS) is 23.2. The highest BCUT2D eigenvalue weighted by atomic mass is 16.5. The molecule has 7 heteroatoms. The lowest BCUT2D eigenvalue weighted by atomic mass is 9.91. The fraction of sp³-hybridized carbons (Fsp3) is 0.550. The SMILES string of the molecule is O=C(NC[C@@H]1CCCO[C@H]1c1cn[nH]c1)c1cccnc1N1CCCCC1. The number of hydrogen-bond acceptors (Lipinski definition) is 5. The lowest BCUT2D eigenvalue weighted by Crippen LogP contribution is -2.37. The lowest BCUT2D eigenvalue weighted by molar-refractivity contribution is -0.0272. The Labute approximate surface area is 159 Å². The van der Waals surface area contributed by atoms with E-state index in [2.05, 4.69) is 25.4 Å². The van der Waals surface area contributed by atoms with E-state index in [9.17, 15) is 4.79 Å². The second kappa shape index (κ2) is 8.52. The summed E-state index contributed by atoms with van der Waals surface area (Å²) in [6, 6.07) is 3.71. The zero-order valence-corrected chi connectivity index (χ0v) is 15.6. The molecule has 2 atom stereocenters. The van der Waals surface area contributed by atoms with Gasteiger partial charge in [-0.3, -0.25) is 9.89 Å². The Bertz CT molecular complexity index is 743. The van der Waals surface area contributed by atoms with Gasteiger partial charge in [-0.15, -0.1) is 0 Å². The molecule has 0 bridgehead atoms. The topological polar surface area (TPSA) is 83.1 Å². The number of H-pyrrole nitrogens is 1. The van der Waals surface area contributed by atoms with Gasteiger partial charge in [0.25, 0.3) is 5.91 Å². The van der Waals surface area contributed by atoms with Crippen LogP contribution >= 0.6 is 0 Å². The van der Waals surface area contributed by atoms with Crippen LogP contribution in [0.2, 0.25) is 0 Å². The van der Waals surface area contributed by atoms with Crippen molar-refractivity contribution in [3.8, 4) is 0 Å². The first-order valence-electron chi connectivity index (χ1n) is 9.91. The number of ether oxygens (including phenoxy) is 1. The van der Waals surface area contributed by atoms with E-state index < -0.39 is 0 Å². The molecular weight excluding hydrogens is 342 g/mol. The minimum Gasteiger partial charge on any atom is -0.373 e. The Hall–Kier alpha value is -2.41. The number of amides is 1. The predicted molar refractivity (Wildman–Crippen MR) is 103 cm³/mol. The monoisotopic (exact) mass is 369 g/mol. The molecule has 2 N–H and O–H groups in total. The van der Waals surface area contributed by atoms with Gasteiger partial charge in [0.05, 0.1) is 17.9 Å². The maximum atomic E-state index is 12.9. The molecule has 2 aromatic rings. The van der Waals surface area contributed by atoms with Crippen LogP contribution in [-0.4, -0.2) is 47.3 Å². The summed E-state index contributed by atoms with van der Waals surface area (Å²) in [5, 5.41) is 10.0. The number of carbonyl (C=O) groups is 1. The highest BCUT2D eigenvalue weighted by Gasteiger charge is 2.29. The van der Waals surface area contributed by atoms with Crippen LogP contribution in [0.4, 0.5) is 5.82 Å². The number of aromatic nitrogens is 3. The molecule has 2 fully saturated rings. The van der Waals surface area contributed by atoms with E-state index in [0.29, 0.717) is 12.1 Å². The maximum Gasteiger partial charge on any atom is 0.255 e. The Morgan fingerprint density at radius 1 is 1.30 bits per heavy atom. The van der Waals surface area contributed by atoms with Crippen LogP contribution in [0.15, 0.2) is 30.7 Å². The summed E-state index contributed by atoms with van der Waals surface area (Å²) in [5.74, 6) is 0.997. The second-order valence-electron chi connectivity index (χ2n) is 7.36. The van der Waals surface area contributed by atoms with E-state index in [-0.39, 0.29) is 17.9 Å². The quantitative estimate of drug-likeness (QED) is 0.847. The minimum atomic E-state index is -0.0554. The van der Waals surface area contributed by atoms with Crippen LogP contribution in [0, 0.1) is 5.92 Å². The van der Waals surface area contributed by atoms with Crippen molar-refractivity contribution in [2.75, 3.05) is 31.1 Å². The minimum absolute atomic E-state index is 0.0201. The van der Waals surface area contributed by atoms with Gasteiger partial charge in [-0.25, -0.2) is 4.98 Å². The van der Waals surface area contributed by atoms with Crippen molar-refractivity contribution in [3.05, 3.63) is 41.9 Å². The fourth-order valence-corrected chi connectivity index (χ4v) is 4.09. The van der Waals surface area contributed by atoms with Gasteiger partial charge in [0.1, 0.15) is 5.82 Å². The van der Waals surface area contributed by atoms with Crippen LogP contribution in [0.1, 0.15) is 54.1 Å². The first kappa shape index (κ1) is 18.0. The number of rotatable bonds is 5. The summed E-state index contributed by atoms with van der Waals surface area (Å²) in [6.07, 6.45) is 11.0. The summed E-state index contributed by atoms with van der Waals surface area (Å²) < 4.78 is 5.96. The van der Waals surface area contributed by atoms with Crippen molar-refractivity contribution in [3.63, 3.8) is 0 Å². The molecule has 1 amide bonds. The molecule has 27 heavy (non-hydrogen) atoms. The molecule has 0 saturated carbocycles. The number of anilines is 1. The molecule has 0 unspecified atom stereocenters. The highest BCUT2D eigenvalue weighted by Crippen LogP contribution is 2.32. The van der Waals surface area contributed by atoms with Crippen molar-refractivity contribution >= 4 is 11.7 Å². The van der Waals surface area contributed by atoms with E-state index in [0.717, 1.165) is 56.8 Å². The number of pyridine rings is 1. The average Bonchev–Trinajstić information content (AvgIpc) is 3.27. The molecule has 0 aliphatic carbocycles. The molecule has 0 spiro atoms. The predicted octanol–water partition coefficient (Wildman–Crippen LogP) is 2.69. The van der Waals surface area contributed by atoms with E-state index in [4.69, 9.17) is 4.74 Å². The standard InChI is InChI=1S/C20H27N5O2/c26-20(17-7-4-8-21-19(17)25-9-2-1-3-10-25)22-12-15-6-5-11-27-18(15)16-13-23-24-14-16/h4,7-8,13-15,18H,1-3,5-6,9-12H2,(H,22,26)(H,23,24)/t15-,18+/m0/s1. The van der Waals surface area contributed by atoms with Crippen LogP contribution in [0.25, 0.3) is 0 Å². The average molecular weight is 369 g/mol. The molecular formula is C20H27N5O2. The zero-order valence-electron chi connectivity index (χ0n) is 15.6. The van der Waals surface area contributed by atoms with Crippen molar-refractivity contribution in [2.45, 2.75) is 38.2 Å². The third-order valence-corrected chi connectivity index (χ3v) is 5.50. The molecule has 2 aromatic heterocycles. The molecule has 144 valence electrons. The molecule has 2 aliphatic heterocycles. The molecule has 0 radical (unpaired) electrons. The zero-order chi connectivity index (χ0) is 18.5. The third-order valence-electron chi connectivity index (χ3n) is 5.50. The van der Waals surface area contributed by atoms with Crippen molar-refractivity contribution in [1.82, 2.24) is 20.5 Å². The number of nitrogens with one attached hydrogen (secondary N) is 2. The number of nitrogens with zero attached hydrogens (tertiary/aromatic N) is 3. The van der Waals surface area contributed by atoms with Gasteiger partial charge < -0.3 is 15.0 Å². The van der Waals surface area contributed by atoms with Gasteiger partial charge in [-0.05, 0) is 44.2 Å². The molecule has 2 aliphatic rings. The van der Waals surface area contributed by atoms with E-state index in [1.54, 1.807) is 12.4 Å². The van der Waals surface area contributed by atoms with Gasteiger partial charge in [-0.2, -0.15) is 5.10 Å². The number of carbonyl (C=O) groups excluding carboxylic acids is 1. The smallest absolute Gasteiger partial charge is 0.255 e. The Balaban J connectivity index is 1.43. The van der Waals surface area contributed by atoms with Gasteiger partial charge in [0.15, 0.2) is 0 Å². The van der Waals surface area contributed by atoms with Crippen molar-refractivity contribution < 1.29 is 9.53 Å². The Morgan fingerprint density at radius 3 is 3.00 bits per heavy atom. The Kier molecular flexibility index (Phi) is 5.67. The summed E-state index contributed by atoms with van der Waals surface area (Å²) in [7, 11) is 0. The third kappa shape index (κ3) is 4.13. The van der Waals surface area contributed by atoms with Crippen molar-refractivity contribution in [2.24, 2.45) is 5.92 Å². The molecule has 4 heterocycles. The number of aromatic amines is 1. The molecule has 0 aromatic carbocycles. The number of piperidine rings is 1. The lowest BCUT2D eigenvalue weighted by Gasteiger charge is -2.32. The molecule has 2 saturated heterocycles. The van der Waals surface area contributed by atoms with E-state index in [1.807, 2.05) is 18.3 Å². The summed E-state index contributed by atoms with van der Waals surface area (Å²) in [4.78, 5) is 19.6. The van der Waals surface area contributed by atoms with E-state index in [1.165, 1.54) is 6.42 Å².